The summed E-state index contributed by atoms with van der Waals surface area (Å²) >= 11 is 0. The molecule has 2 aromatic rings. The molecule has 0 aromatic heterocycles. The van der Waals surface area contributed by atoms with Crippen LogP contribution in [0.4, 0.5) is 17.1 Å². The molecule has 3 aliphatic rings. The number of fused-ring (bicyclic) bond motifs is 1. The molecule has 5 rings (SSSR count). The van der Waals surface area contributed by atoms with Crippen molar-refractivity contribution in [2.75, 3.05) is 41.8 Å². The number of benzene rings is 2. The first kappa shape index (κ1) is 17.6. The highest BCUT2D eigenvalue weighted by atomic mass is 16.5. The first-order chi connectivity index (χ1) is 13.8. The van der Waals surface area contributed by atoms with E-state index in [1.54, 1.807) is 0 Å². The van der Waals surface area contributed by atoms with E-state index in [0.29, 0.717) is 6.54 Å². The van der Waals surface area contributed by atoms with E-state index >= 15 is 0 Å². The molecule has 0 aliphatic carbocycles. The van der Waals surface area contributed by atoms with Crippen molar-refractivity contribution in [3.8, 4) is 0 Å². The number of aliphatic imine (C=N–C) groups is 1. The number of nitrogens with zero attached hydrogens (tertiary/aromatic N) is 2. The zero-order chi connectivity index (χ0) is 18.8. The van der Waals surface area contributed by atoms with Crippen LogP contribution in [-0.2, 0) is 11.3 Å². The lowest BCUT2D eigenvalue weighted by Crippen LogP contribution is -2.55. The van der Waals surface area contributed by atoms with Crippen LogP contribution in [0, 0.1) is 0 Å². The Bertz CT molecular complexity index is 849. The van der Waals surface area contributed by atoms with Crippen LogP contribution in [0.5, 0.6) is 0 Å². The third kappa shape index (κ3) is 3.35. The van der Waals surface area contributed by atoms with Crippen molar-refractivity contribution >= 4 is 22.9 Å². The second-order valence-electron chi connectivity index (χ2n) is 8.02. The van der Waals surface area contributed by atoms with Crippen LogP contribution in [0.25, 0.3) is 0 Å². The smallest absolute Gasteiger partial charge is 0.127 e. The highest BCUT2D eigenvalue weighted by Gasteiger charge is 2.41. The number of rotatable bonds is 3. The number of nitrogens with one attached hydrogen (secondary N) is 2. The lowest BCUT2D eigenvalue weighted by Gasteiger charge is -2.43. The molecule has 146 valence electrons. The Hall–Kier alpha value is -2.53. The molecule has 2 fully saturated rings. The highest BCUT2D eigenvalue weighted by Crippen LogP contribution is 2.36. The van der Waals surface area contributed by atoms with E-state index in [1.165, 1.54) is 37.2 Å². The van der Waals surface area contributed by atoms with Gasteiger partial charge in [0.15, 0.2) is 0 Å². The Morgan fingerprint density at radius 2 is 1.64 bits per heavy atom. The fourth-order valence-electron chi connectivity index (χ4n) is 4.50. The predicted molar refractivity (Wildman–Crippen MR) is 115 cm³/mol. The Morgan fingerprint density at radius 3 is 2.39 bits per heavy atom. The largest absolute Gasteiger partial charge is 0.381 e. The number of hydrogen-bond acceptors (Lipinski definition) is 4. The van der Waals surface area contributed by atoms with E-state index in [9.17, 15) is 0 Å². The molecule has 2 saturated heterocycles. The van der Waals surface area contributed by atoms with Gasteiger partial charge in [-0.15, -0.1) is 0 Å². The van der Waals surface area contributed by atoms with Gasteiger partial charge in [-0.05, 0) is 42.7 Å². The number of anilines is 3. The Labute approximate surface area is 166 Å². The number of amidine groups is 1. The number of para-hydroxylation sites is 2. The molecule has 5 heteroatoms. The molecule has 0 saturated carbocycles. The van der Waals surface area contributed by atoms with Crippen molar-refractivity contribution in [1.29, 1.82) is 0 Å². The lowest BCUT2D eigenvalue weighted by molar-refractivity contribution is 0.0778. The summed E-state index contributed by atoms with van der Waals surface area (Å²) in [5, 5.41) is 7.37. The summed E-state index contributed by atoms with van der Waals surface area (Å²) in [6, 6.07) is 17.3. The summed E-state index contributed by atoms with van der Waals surface area (Å²) in [5.74, 6) is 1.04. The molecule has 1 spiro atoms. The van der Waals surface area contributed by atoms with Crippen molar-refractivity contribution < 1.29 is 4.74 Å². The summed E-state index contributed by atoms with van der Waals surface area (Å²) in [5.41, 5.74) is 4.68. The summed E-state index contributed by atoms with van der Waals surface area (Å²) in [4.78, 5) is 7.50. The highest BCUT2D eigenvalue weighted by molar-refractivity contribution is 6.09. The SMILES string of the molecule is c1ccc2c(c1)NC(=NCc1ccc(N3CCCC3)cc1)C1(CCOCC1)N2. The van der Waals surface area contributed by atoms with Gasteiger partial charge in [0.1, 0.15) is 5.84 Å². The quantitative estimate of drug-likeness (QED) is 0.840. The third-order valence-electron chi connectivity index (χ3n) is 6.18. The van der Waals surface area contributed by atoms with Crippen LogP contribution in [0.15, 0.2) is 53.5 Å². The number of hydrogen-bond donors (Lipinski definition) is 2. The van der Waals surface area contributed by atoms with Crippen LogP contribution in [0.3, 0.4) is 0 Å². The topological polar surface area (TPSA) is 48.9 Å². The first-order valence-corrected chi connectivity index (χ1v) is 10.4. The lowest BCUT2D eigenvalue weighted by atomic mass is 9.86. The van der Waals surface area contributed by atoms with Gasteiger partial charge in [0.25, 0.3) is 0 Å². The van der Waals surface area contributed by atoms with Gasteiger partial charge in [0.05, 0.1) is 23.5 Å². The zero-order valence-electron chi connectivity index (χ0n) is 16.3. The molecule has 0 unspecified atom stereocenters. The molecule has 2 N–H and O–H groups in total. The molecule has 0 bridgehead atoms. The maximum Gasteiger partial charge on any atom is 0.127 e. The van der Waals surface area contributed by atoms with Crippen LogP contribution in [0.2, 0.25) is 0 Å². The van der Waals surface area contributed by atoms with Crippen molar-refractivity contribution in [3.63, 3.8) is 0 Å². The fraction of sp³-hybridized carbons (Fsp3) is 0.435. The molecule has 0 radical (unpaired) electrons. The minimum absolute atomic E-state index is 0.151. The fourth-order valence-corrected chi connectivity index (χ4v) is 4.50. The summed E-state index contributed by atoms with van der Waals surface area (Å²) in [6.45, 7) is 4.58. The first-order valence-electron chi connectivity index (χ1n) is 10.4. The Balaban J connectivity index is 1.37. The molecule has 0 amide bonds. The van der Waals surface area contributed by atoms with Crippen LogP contribution in [0.1, 0.15) is 31.2 Å². The zero-order valence-corrected chi connectivity index (χ0v) is 16.3. The van der Waals surface area contributed by atoms with Gasteiger partial charge in [0.2, 0.25) is 0 Å². The molecule has 28 heavy (non-hydrogen) atoms. The number of ether oxygens (including phenoxy) is 1. The normalized spacial score (nSPS) is 22.0. The van der Waals surface area contributed by atoms with Crippen molar-refractivity contribution in [2.24, 2.45) is 4.99 Å². The van der Waals surface area contributed by atoms with Gasteiger partial charge in [-0.1, -0.05) is 24.3 Å². The van der Waals surface area contributed by atoms with E-state index in [-0.39, 0.29) is 5.54 Å². The molecule has 3 aliphatic heterocycles. The summed E-state index contributed by atoms with van der Waals surface area (Å²) < 4.78 is 5.63. The van der Waals surface area contributed by atoms with E-state index in [2.05, 4.69) is 64.1 Å². The minimum atomic E-state index is -0.151. The second-order valence-corrected chi connectivity index (χ2v) is 8.02. The van der Waals surface area contributed by atoms with Crippen LogP contribution in [-0.4, -0.2) is 37.7 Å². The van der Waals surface area contributed by atoms with Gasteiger partial charge in [-0.3, -0.25) is 4.99 Å². The van der Waals surface area contributed by atoms with E-state index in [1.807, 2.05) is 0 Å². The van der Waals surface area contributed by atoms with E-state index < -0.39 is 0 Å². The molecule has 5 nitrogen and oxygen atoms in total. The maximum atomic E-state index is 5.63. The predicted octanol–water partition coefficient (Wildman–Crippen LogP) is 4.27. The average Bonchev–Trinajstić information content (AvgIpc) is 3.28. The summed E-state index contributed by atoms with van der Waals surface area (Å²) in [7, 11) is 0. The van der Waals surface area contributed by atoms with Crippen molar-refractivity contribution in [1.82, 2.24) is 0 Å². The van der Waals surface area contributed by atoms with Gasteiger partial charge in [-0.25, -0.2) is 0 Å². The Kier molecular flexibility index (Phi) is 4.69. The van der Waals surface area contributed by atoms with Gasteiger partial charge >= 0.3 is 0 Å². The van der Waals surface area contributed by atoms with E-state index in [0.717, 1.165) is 43.3 Å². The molecular formula is C23H28N4O. The third-order valence-corrected chi connectivity index (χ3v) is 6.18. The molecule has 2 aromatic carbocycles. The average molecular weight is 377 g/mol. The maximum absolute atomic E-state index is 5.63. The Morgan fingerprint density at radius 1 is 0.929 bits per heavy atom. The van der Waals surface area contributed by atoms with Gasteiger partial charge in [0, 0.05) is 44.8 Å². The van der Waals surface area contributed by atoms with Crippen molar-refractivity contribution in [2.45, 2.75) is 37.8 Å². The van der Waals surface area contributed by atoms with E-state index in [4.69, 9.17) is 9.73 Å². The van der Waals surface area contributed by atoms with Crippen LogP contribution < -0.4 is 15.5 Å². The van der Waals surface area contributed by atoms with Crippen molar-refractivity contribution in [3.05, 3.63) is 54.1 Å². The van der Waals surface area contributed by atoms with Gasteiger partial charge in [-0.2, -0.15) is 0 Å². The monoisotopic (exact) mass is 376 g/mol. The second kappa shape index (κ2) is 7.47. The standard InChI is InChI=1S/C23H28N4O/c1-2-6-21-20(5-1)25-22(23(26-21)11-15-28-16-12-23)24-17-18-7-9-19(10-8-18)27-13-3-4-14-27/h1-2,5-10,26H,3-4,11-17H2,(H,24,25). The van der Waals surface area contributed by atoms with Gasteiger partial charge < -0.3 is 20.3 Å². The molecule has 0 atom stereocenters. The van der Waals surface area contributed by atoms with Crippen LogP contribution >= 0.6 is 0 Å². The minimum Gasteiger partial charge on any atom is -0.381 e. The summed E-state index contributed by atoms with van der Waals surface area (Å²) in [6.07, 6.45) is 4.48. The molecular weight excluding hydrogens is 348 g/mol. The molecule has 3 heterocycles.